The first kappa shape index (κ1) is 9.31. The third kappa shape index (κ3) is 1.54. The van der Waals surface area contributed by atoms with E-state index >= 15 is 0 Å². The normalized spacial score (nSPS) is 19.0. The highest BCUT2D eigenvalue weighted by Crippen LogP contribution is 2.25. The molecule has 3 heteroatoms. The van der Waals surface area contributed by atoms with Crippen LogP contribution in [0, 0.1) is 0 Å². The number of nitrogens with zero attached hydrogens (tertiary/aromatic N) is 2. The minimum absolute atomic E-state index is 0.228. The number of carbonyl (C=O) groups is 1. The Labute approximate surface area is 84.3 Å². The summed E-state index contributed by atoms with van der Waals surface area (Å²) in [6, 6.07) is 2.31. The molecule has 3 nitrogen and oxygen atoms in total. The van der Waals surface area contributed by atoms with Crippen molar-refractivity contribution in [3.8, 4) is 0 Å². The van der Waals surface area contributed by atoms with Gasteiger partial charge in [-0.05, 0) is 25.0 Å². The molecule has 2 rings (SSSR count). The molecule has 76 valence electrons. The number of aromatic nitrogens is 1. The van der Waals surface area contributed by atoms with E-state index in [1.165, 1.54) is 5.56 Å². The molecule has 0 N–H and O–H groups in total. The number of aryl methyl sites for hydroxylation is 1. The highest BCUT2D eigenvalue weighted by Gasteiger charge is 2.25. The van der Waals surface area contributed by atoms with E-state index in [1.807, 2.05) is 22.7 Å². The van der Waals surface area contributed by atoms with E-state index in [2.05, 4.69) is 19.2 Å². The summed E-state index contributed by atoms with van der Waals surface area (Å²) in [5.74, 6) is 0.293. The van der Waals surface area contributed by atoms with Crippen LogP contribution in [-0.4, -0.2) is 21.9 Å². The van der Waals surface area contributed by atoms with Gasteiger partial charge in [-0.2, -0.15) is 0 Å². The van der Waals surface area contributed by atoms with E-state index in [1.54, 1.807) is 0 Å². The molecular weight excluding hydrogens is 176 g/mol. The van der Waals surface area contributed by atoms with Crippen LogP contribution in [-0.2, 0) is 11.8 Å². The lowest BCUT2D eigenvalue weighted by molar-refractivity contribution is -0.129. The zero-order valence-electron chi connectivity index (χ0n) is 8.73. The number of likely N-dealkylation sites (tertiary alicyclic amines) is 1. The lowest BCUT2D eigenvalue weighted by atomic mass is 10.1. The van der Waals surface area contributed by atoms with Crippen LogP contribution in [0.2, 0.25) is 0 Å². The first-order valence-electron chi connectivity index (χ1n) is 5.10. The number of hydrogen-bond donors (Lipinski definition) is 0. The topological polar surface area (TPSA) is 25.2 Å². The molecule has 1 saturated heterocycles. The molecule has 1 amide bonds. The second kappa shape index (κ2) is 3.48. The fraction of sp³-hybridized carbons (Fsp3) is 0.545. The molecule has 1 unspecified atom stereocenters. The van der Waals surface area contributed by atoms with E-state index < -0.39 is 0 Å². The summed E-state index contributed by atoms with van der Waals surface area (Å²) < 4.78 is 2.02. The molecule has 1 aliphatic heterocycles. The van der Waals surface area contributed by atoms with Crippen molar-refractivity contribution in [3.63, 3.8) is 0 Å². The summed E-state index contributed by atoms with van der Waals surface area (Å²) in [6.07, 6.45) is 5.83. The first-order chi connectivity index (χ1) is 6.68. The Morgan fingerprint density at radius 2 is 2.29 bits per heavy atom. The standard InChI is InChI=1S/C11H16N2O/c1-9(10-5-7-12(2)8-10)13-6-3-4-11(13)14/h5,7-9H,3-4,6H2,1-2H3. The molecule has 0 aliphatic carbocycles. The summed E-state index contributed by atoms with van der Waals surface area (Å²) in [7, 11) is 2.00. The first-order valence-corrected chi connectivity index (χ1v) is 5.10. The average Bonchev–Trinajstić information content (AvgIpc) is 2.73. The van der Waals surface area contributed by atoms with Crippen LogP contribution in [0.15, 0.2) is 18.5 Å². The van der Waals surface area contributed by atoms with Crippen LogP contribution in [0.1, 0.15) is 31.4 Å². The van der Waals surface area contributed by atoms with Crippen LogP contribution in [0.25, 0.3) is 0 Å². The van der Waals surface area contributed by atoms with Crippen LogP contribution in [0.5, 0.6) is 0 Å². The average molecular weight is 192 g/mol. The van der Waals surface area contributed by atoms with Gasteiger partial charge >= 0.3 is 0 Å². The molecule has 0 bridgehead atoms. The maximum absolute atomic E-state index is 11.5. The summed E-state index contributed by atoms with van der Waals surface area (Å²) in [6.45, 7) is 3.01. The molecule has 0 aromatic carbocycles. The van der Waals surface area contributed by atoms with Gasteiger partial charge < -0.3 is 9.47 Å². The van der Waals surface area contributed by atoms with Crippen molar-refractivity contribution in [2.45, 2.75) is 25.8 Å². The van der Waals surface area contributed by atoms with E-state index in [0.29, 0.717) is 5.91 Å². The summed E-state index contributed by atoms with van der Waals surface area (Å²) >= 11 is 0. The van der Waals surface area contributed by atoms with Crippen LogP contribution < -0.4 is 0 Å². The lowest BCUT2D eigenvalue weighted by Gasteiger charge is -2.23. The van der Waals surface area contributed by atoms with Gasteiger partial charge in [0, 0.05) is 32.4 Å². The zero-order chi connectivity index (χ0) is 10.1. The Kier molecular flexibility index (Phi) is 2.32. The highest BCUT2D eigenvalue weighted by atomic mass is 16.2. The predicted molar refractivity (Wildman–Crippen MR) is 54.8 cm³/mol. The second-order valence-electron chi connectivity index (χ2n) is 3.98. The minimum Gasteiger partial charge on any atom is -0.357 e. The number of carbonyl (C=O) groups excluding carboxylic acids is 1. The minimum atomic E-state index is 0.228. The monoisotopic (exact) mass is 192 g/mol. The van der Waals surface area contributed by atoms with Crippen molar-refractivity contribution in [1.82, 2.24) is 9.47 Å². The molecule has 0 saturated carbocycles. The van der Waals surface area contributed by atoms with E-state index in [0.717, 1.165) is 19.4 Å². The summed E-state index contributed by atoms with van der Waals surface area (Å²) in [5.41, 5.74) is 1.22. The zero-order valence-corrected chi connectivity index (χ0v) is 8.73. The van der Waals surface area contributed by atoms with Crippen molar-refractivity contribution in [2.75, 3.05) is 6.54 Å². The smallest absolute Gasteiger partial charge is 0.223 e. The molecule has 1 aromatic rings. The molecule has 0 radical (unpaired) electrons. The van der Waals surface area contributed by atoms with Gasteiger partial charge in [0.25, 0.3) is 0 Å². The molecule has 1 fully saturated rings. The van der Waals surface area contributed by atoms with E-state index in [4.69, 9.17) is 0 Å². The Morgan fingerprint density at radius 1 is 1.50 bits per heavy atom. The van der Waals surface area contributed by atoms with E-state index in [-0.39, 0.29) is 6.04 Å². The van der Waals surface area contributed by atoms with Crippen molar-refractivity contribution in [1.29, 1.82) is 0 Å². The van der Waals surface area contributed by atoms with Crippen molar-refractivity contribution < 1.29 is 4.79 Å². The van der Waals surface area contributed by atoms with Crippen molar-refractivity contribution >= 4 is 5.91 Å². The lowest BCUT2D eigenvalue weighted by Crippen LogP contribution is -2.27. The van der Waals surface area contributed by atoms with Gasteiger partial charge in [0.05, 0.1) is 6.04 Å². The molecule has 1 aliphatic rings. The molecular formula is C11H16N2O. The van der Waals surface area contributed by atoms with Gasteiger partial charge in [0.15, 0.2) is 0 Å². The van der Waals surface area contributed by atoms with Gasteiger partial charge in [0.2, 0.25) is 5.91 Å². The molecule has 1 aromatic heterocycles. The molecule has 2 heterocycles. The van der Waals surface area contributed by atoms with E-state index in [9.17, 15) is 4.79 Å². The fourth-order valence-corrected chi connectivity index (χ4v) is 2.03. The largest absolute Gasteiger partial charge is 0.357 e. The van der Waals surface area contributed by atoms with Crippen LogP contribution in [0.3, 0.4) is 0 Å². The Bertz CT molecular complexity index is 343. The third-order valence-electron chi connectivity index (χ3n) is 2.91. The second-order valence-corrected chi connectivity index (χ2v) is 3.98. The quantitative estimate of drug-likeness (QED) is 0.700. The maximum atomic E-state index is 11.5. The van der Waals surface area contributed by atoms with Gasteiger partial charge in [-0.3, -0.25) is 4.79 Å². The Morgan fingerprint density at radius 3 is 2.79 bits per heavy atom. The number of amides is 1. The predicted octanol–water partition coefficient (Wildman–Crippen LogP) is 1.71. The van der Waals surface area contributed by atoms with Gasteiger partial charge in [-0.15, -0.1) is 0 Å². The van der Waals surface area contributed by atoms with Crippen LogP contribution >= 0.6 is 0 Å². The molecule has 1 atom stereocenters. The van der Waals surface area contributed by atoms with Crippen molar-refractivity contribution in [2.24, 2.45) is 7.05 Å². The summed E-state index contributed by atoms with van der Waals surface area (Å²) in [5, 5.41) is 0. The number of hydrogen-bond acceptors (Lipinski definition) is 1. The van der Waals surface area contributed by atoms with Gasteiger partial charge in [0.1, 0.15) is 0 Å². The SMILES string of the molecule is CC(c1ccn(C)c1)N1CCCC1=O. The summed E-state index contributed by atoms with van der Waals surface area (Å²) in [4.78, 5) is 13.5. The van der Waals surface area contributed by atoms with Gasteiger partial charge in [-0.25, -0.2) is 0 Å². The maximum Gasteiger partial charge on any atom is 0.223 e. The van der Waals surface area contributed by atoms with Crippen LogP contribution in [0.4, 0.5) is 0 Å². The Hall–Kier alpha value is -1.25. The van der Waals surface area contributed by atoms with Gasteiger partial charge in [-0.1, -0.05) is 0 Å². The molecule has 14 heavy (non-hydrogen) atoms. The fourth-order valence-electron chi connectivity index (χ4n) is 2.03. The highest BCUT2D eigenvalue weighted by molar-refractivity contribution is 5.78. The number of rotatable bonds is 2. The molecule has 0 spiro atoms. The Balaban J connectivity index is 2.15. The third-order valence-corrected chi connectivity index (χ3v) is 2.91. The van der Waals surface area contributed by atoms with Crippen molar-refractivity contribution in [3.05, 3.63) is 24.0 Å².